The standard InChI is InChI=1S/C28H32N2O5S2/c1-34-21-8-10-22(11-9-21)36-23-15-26(28(31)29-20-13-14-37(32,33)18-20)30(16-23)17-25-24-6-4-3-5-19(24)7-12-27(25)35-2/h3-12,20,23,26H,13-18H2,1-2H3,(H,29,31)/t20?,23-,26+/m1/s1. The minimum absolute atomic E-state index is 0.0205. The lowest BCUT2D eigenvalue weighted by molar-refractivity contribution is -0.126. The molecule has 0 aromatic heterocycles. The van der Waals surface area contributed by atoms with Crippen molar-refractivity contribution < 1.29 is 22.7 Å². The minimum atomic E-state index is -3.08. The Labute approximate surface area is 222 Å². The van der Waals surface area contributed by atoms with Crippen molar-refractivity contribution in [2.24, 2.45) is 0 Å². The van der Waals surface area contributed by atoms with Gasteiger partial charge in [-0.2, -0.15) is 0 Å². The van der Waals surface area contributed by atoms with Gasteiger partial charge in [-0.25, -0.2) is 8.42 Å². The molecular formula is C28H32N2O5S2. The zero-order chi connectivity index (χ0) is 26.0. The fourth-order valence-corrected chi connectivity index (χ4v) is 8.22. The fourth-order valence-electron chi connectivity index (χ4n) is 5.32. The van der Waals surface area contributed by atoms with Crippen molar-refractivity contribution in [3.63, 3.8) is 0 Å². The van der Waals surface area contributed by atoms with Gasteiger partial charge in [0, 0.05) is 34.8 Å². The van der Waals surface area contributed by atoms with Gasteiger partial charge in [-0.15, -0.1) is 11.8 Å². The number of nitrogens with zero attached hydrogens (tertiary/aromatic N) is 1. The molecule has 1 unspecified atom stereocenters. The highest BCUT2D eigenvalue weighted by molar-refractivity contribution is 8.00. The number of hydrogen-bond acceptors (Lipinski definition) is 7. The lowest BCUT2D eigenvalue weighted by Crippen LogP contribution is -2.47. The van der Waals surface area contributed by atoms with Gasteiger partial charge in [0.05, 0.1) is 31.8 Å². The molecule has 0 bridgehead atoms. The van der Waals surface area contributed by atoms with Crippen LogP contribution < -0.4 is 14.8 Å². The summed E-state index contributed by atoms with van der Waals surface area (Å²) in [6, 6.07) is 19.5. The monoisotopic (exact) mass is 540 g/mol. The van der Waals surface area contributed by atoms with E-state index in [1.165, 1.54) is 0 Å². The summed E-state index contributed by atoms with van der Waals surface area (Å²) in [6.07, 6.45) is 1.15. The predicted octanol–water partition coefficient (Wildman–Crippen LogP) is 3.90. The molecule has 7 nitrogen and oxygen atoms in total. The summed E-state index contributed by atoms with van der Waals surface area (Å²) in [6.45, 7) is 1.29. The second kappa shape index (κ2) is 10.9. The highest BCUT2D eigenvalue weighted by Gasteiger charge is 2.39. The molecule has 2 fully saturated rings. The first-order chi connectivity index (χ1) is 17.8. The van der Waals surface area contributed by atoms with Gasteiger partial charge in [0.1, 0.15) is 11.5 Å². The van der Waals surface area contributed by atoms with Crippen molar-refractivity contribution in [3.05, 3.63) is 66.2 Å². The molecule has 9 heteroatoms. The van der Waals surface area contributed by atoms with E-state index in [1.807, 2.05) is 42.5 Å². The van der Waals surface area contributed by atoms with Gasteiger partial charge in [-0.05, 0) is 53.9 Å². The van der Waals surface area contributed by atoms with Crippen molar-refractivity contribution in [1.82, 2.24) is 10.2 Å². The Morgan fingerprint density at radius 3 is 2.54 bits per heavy atom. The lowest BCUT2D eigenvalue weighted by atomic mass is 10.0. The zero-order valence-electron chi connectivity index (χ0n) is 21.1. The molecule has 3 aromatic carbocycles. The van der Waals surface area contributed by atoms with E-state index in [1.54, 1.807) is 26.0 Å². The zero-order valence-corrected chi connectivity index (χ0v) is 22.7. The normalized spacial score (nSPS) is 23.2. The Morgan fingerprint density at radius 2 is 1.84 bits per heavy atom. The third kappa shape index (κ3) is 5.89. The van der Waals surface area contributed by atoms with E-state index >= 15 is 0 Å². The molecule has 0 radical (unpaired) electrons. The Hall–Kier alpha value is -2.75. The number of amides is 1. The number of methoxy groups -OCH3 is 2. The largest absolute Gasteiger partial charge is 0.497 e. The van der Waals surface area contributed by atoms with Crippen molar-refractivity contribution in [2.45, 2.75) is 41.6 Å². The number of fused-ring (bicyclic) bond motifs is 1. The number of likely N-dealkylation sites (tertiary alicyclic amines) is 1. The minimum Gasteiger partial charge on any atom is -0.497 e. The average Bonchev–Trinajstić information content (AvgIpc) is 3.46. The molecule has 0 aliphatic carbocycles. The second-order valence-electron chi connectivity index (χ2n) is 9.67. The van der Waals surface area contributed by atoms with Crippen LogP contribution in [0.15, 0.2) is 65.6 Å². The summed E-state index contributed by atoms with van der Waals surface area (Å²) in [5.74, 6) is 1.66. The van der Waals surface area contributed by atoms with Crippen LogP contribution in [0.5, 0.6) is 11.5 Å². The number of thioether (sulfide) groups is 1. The molecule has 0 spiro atoms. The van der Waals surface area contributed by atoms with Crippen LogP contribution in [0.25, 0.3) is 10.8 Å². The Morgan fingerprint density at radius 1 is 1.05 bits per heavy atom. The molecule has 3 aromatic rings. The average molecular weight is 541 g/mol. The Bertz CT molecular complexity index is 1380. The first kappa shape index (κ1) is 25.9. The third-order valence-electron chi connectivity index (χ3n) is 7.19. The molecular weight excluding hydrogens is 508 g/mol. The fraction of sp³-hybridized carbons (Fsp3) is 0.393. The predicted molar refractivity (Wildman–Crippen MR) is 147 cm³/mol. The van der Waals surface area contributed by atoms with Crippen LogP contribution in [0.3, 0.4) is 0 Å². The van der Waals surface area contributed by atoms with Crippen LogP contribution in [-0.2, 0) is 21.2 Å². The second-order valence-corrected chi connectivity index (χ2v) is 13.3. The number of sulfone groups is 1. The van der Waals surface area contributed by atoms with Gasteiger partial charge in [-0.3, -0.25) is 9.69 Å². The smallest absolute Gasteiger partial charge is 0.237 e. The van der Waals surface area contributed by atoms with Crippen molar-refractivity contribution in [2.75, 3.05) is 32.3 Å². The Balaban J connectivity index is 1.40. The summed E-state index contributed by atoms with van der Waals surface area (Å²) in [7, 11) is 0.245. The molecule has 1 amide bonds. The van der Waals surface area contributed by atoms with Gasteiger partial charge in [0.2, 0.25) is 5.91 Å². The van der Waals surface area contributed by atoms with Crippen LogP contribution in [0, 0.1) is 0 Å². The van der Waals surface area contributed by atoms with Crippen molar-refractivity contribution in [3.8, 4) is 11.5 Å². The van der Waals surface area contributed by atoms with E-state index < -0.39 is 9.84 Å². The number of benzene rings is 3. The van der Waals surface area contributed by atoms with E-state index in [2.05, 4.69) is 28.4 Å². The van der Waals surface area contributed by atoms with Crippen LogP contribution in [0.2, 0.25) is 0 Å². The van der Waals surface area contributed by atoms with Crippen molar-refractivity contribution in [1.29, 1.82) is 0 Å². The highest BCUT2D eigenvalue weighted by Crippen LogP contribution is 2.37. The molecule has 2 saturated heterocycles. The number of rotatable bonds is 8. The maximum Gasteiger partial charge on any atom is 0.237 e. The maximum absolute atomic E-state index is 13.5. The number of carbonyl (C=O) groups is 1. The lowest BCUT2D eigenvalue weighted by Gasteiger charge is -2.26. The van der Waals surface area contributed by atoms with Crippen LogP contribution in [0.1, 0.15) is 18.4 Å². The van der Waals surface area contributed by atoms with Gasteiger partial charge in [-0.1, -0.05) is 30.3 Å². The molecule has 2 aliphatic heterocycles. The first-order valence-corrected chi connectivity index (χ1v) is 15.2. The van der Waals surface area contributed by atoms with E-state index in [4.69, 9.17) is 9.47 Å². The quantitative estimate of drug-likeness (QED) is 0.464. The highest BCUT2D eigenvalue weighted by atomic mass is 32.2. The van der Waals surface area contributed by atoms with Gasteiger partial charge >= 0.3 is 0 Å². The summed E-state index contributed by atoms with van der Waals surface area (Å²) < 4.78 is 34.9. The van der Waals surface area contributed by atoms with Crippen molar-refractivity contribution >= 4 is 38.3 Å². The summed E-state index contributed by atoms with van der Waals surface area (Å²) in [4.78, 5) is 16.8. The number of nitrogens with one attached hydrogen (secondary N) is 1. The number of ether oxygens (including phenoxy) is 2. The molecule has 37 heavy (non-hydrogen) atoms. The molecule has 3 atom stereocenters. The SMILES string of the molecule is COc1ccc(S[C@@H]2C[C@@H](C(=O)NC3CCS(=O)(=O)C3)N(Cc3c(OC)ccc4ccccc34)C2)cc1. The topological polar surface area (TPSA) is 84.9 Å². The molecule has 0 saturated carbocycles. The molecule has 2 heterocycles. The molecule has 5 rings (SSSR count). The summed E-state index contributed by atoms with van der Waals surface area (Å²) in [5, 5.41) is 5.48. The first-order valence-electron chi connectivity index (χ1n) is 12.5. The van der Waals surface area contributed by atoms with Crippen LogP contribution in [0.4, 0.5) is 0 Å². The number of hydrogen-bond donors (Lipinski definition) is 1. The molecule has 196 valence electrons. The van der Waals surface area contributed by atoms with Gasteiger partial charge in [0.15, 0.2) is 9.84 Å². The van der Waals surface area contributed by atoms with Crippen LogP contribution >= 0.6 is 11.8 Å². The summed E-state index contributed by atoms with van der Waals surface area (Å²) >= 11 is 1.76. The number of carbonyl (C=O) groups excluding carboxylic acids is 1. The van der Waals surface area contributed by atoms with E-state index in [0.29, 0.717) is 19.4 Å². The van der Waals surface area contributed by atoms with Gasteiger partial charge < -0.3 is 14.8 Å². The molecule has 2 aliphatic rings. The van der Waals surface area contributed by atoms with E-state index in [-0.39, 0.29) is 34.7 Å². The third-order valence-corrected chi connectivity index (χ3v) is 10.2. The van der Waals surface area contributed by atoms with E-state index in [9.17, 15) is 13.2 Å². The Kier molecular flexibility index (Phi) is 7.65. The van der Waals surface area contributed by atoms with E-state index in [0.717, 1.165) is 39.3 Å². The molecule has 1 N–H and O–H groups in total. The van der Waals surface area contributed by atoms with Gasteiger partial charge in [0.25, 0.3) is 0 Å². The summed E-state index contributed by atoms with van der Waals surface area (Å²) in [5.41, 5.74) is 1.05. The maximum atomic E-state index is 13.5. The van der Waals surface area contributed by atoms with Crippen LogP contribution in [-0.4, -0.2) is 68.8 Å².